The van der Waals surface area contributed by atoms with Crippen LogP contribution in [0.15, 0.2) is 53.6 Å². The summed E-state index contributed by atoms with van der Waals surface area (Å²) in [5, 5.41) is 4.32. The Kier molecular flexibility index (Phi) is 5.74. The number of hydrazone groups is 1. The molecule has 0 aromatic heterocycles. The van der Waals surface area contributed by atoms with Crippen molar-refractivity contribution < 1.29 is 4.79 Å². The SMILES string of the molecule is C/C(=N/NC(=O)[C@H]1C[C@@H]1c1ccc(C(C)(C)C)cc1)c1ccc(C(C)C)cc1. The molecular formula is C25H32N2O. The number of hydrogen-bond acceptors (Lipinski definition) is 2. The van der Waals surface area contributed by atoms with Gasteiger partial charge in [-0.25, -0.2) is 5.43 Å². The first kappa shape index (κ1) is 20.3. The van der Waals surface area contributed by atoms with E-state index in [9.17, 15) is 4.79 Å². The van der Waals surface area contributed by atoms with E-state index in [0.29, 0.717) is 11.8 Å². The molecule has 0 bridgehead atoms. The zero-order valence-corrected chi connectivity index (χ0v) is 17.9. The maximum Gasteiger partial charge on any atom is 0.243 e. The fourth-order valence-electron chi connectivity index (χ4n) is 3.48. The van der Waals surface area contributed by atoms with Crippen molar-refractivity contribution >= 4 is 11.6 Å². The van der Waals surface area contributed by atoms with Crippen molar-refractivity contribution in [1.29, 1.82) is 0 Å². The Morgan fingerprint density at radius 2 is 1.64 bits per heavy atom. The lowest BCUT2D eigenvalue weighted by molar-refractivity contribution is -0.122. The molecule has 2 aromatic rings. The third-order valence-electron chi connectivity index (χ3n) is 5.66. The van der Waals surface area contributed by atoms with E-state index in [-0.39, 0.29) is 17.2 Å². The third kappa shape index (κ3) is 4.70. The van der Waals surface area contributed by atoms with Crippen molar-refractivity contribution in [1.82, 2.24) is 5.43 Å². The minimum atomic E-state index is 0.0167. The van der Waals surface area contributed by atoms with Crippen LogP contribution in [0, 0.1) is 5.92 Å². The van der Waals surface area contributed by atoms with Crippen molar-refractivity contribution in [3.8, 4) is 0 Å². The molecule has 148 valence electrons. The van der Waals surface area contributed by atoms with Gasteiger partial charge in [0.2, 0.25) is 5.91 Å². The van der Waals surface area contributed by atoms with Gasteiger partial charge in [0.15, 0.2) is 0 Å². The molecule has 0 aliphatic heterocycles. The van der Waals surface area contributed by atoms with E-state index in [1.165, 1.54) is 16.7 Å². The van der Waals surface area contributed by atoms with Gasteiger partial charge in [0.05, 0.1) is 5.71 Å². The van der Waals surface area contributed by atoms with Crippen LogP contribution in [0.1, 0.15) is 82.1 Å². The van der Waals surface area contributed by atoms with Gasteiger partial charge in [-0.2, -0.15) is 5.10 Å². The fraction of sp³-hybridized carbons (Fsp3) is 0.440. The number of benzene rings is 2. The molecule has 1 fully saturated rings. The highest BCUT2D eigenvalue weighted by molar-refractivity contribution is 5.99. The van der Waals surface area contributed by atoms with Crippen LogP contribution in [0.4, 0.5) is 0 Å². The second-order valence-corrected chi connectivity index (χ2v) is 9.27. The van der Waals surface area contributed by atoms with Crippen molar-refractivity contribution in [3.05, 3.63) is 70.8 Å². The monoisotopic (exact) mass is 376 g/mol. The molecule has 28 heavy (non-hydrogen) atoms. The Labute approximate surface area is 169 Å². The summed E-state index contributed by atoms with van der Waals surface area (Å²) in [5.41, 5.74) is 8.66. The lowest BCUT2D eigenvalue weighted by Crippen LogP contribution is -2.21. The van der Waals surface area contributed by atoms with Gasteiger partial charge in [-0.15, -0.1) is 0 Å². The standard InChI is InChI=1S/C25H32N2O/c1-16(2)18-7-9-19(10-8-18)17(3)26-27-24(28)23-15-22(23)20-11-13-21(14-12-20)25(4,5)6/h7-14,16,22-23H,15H2,1-6H3,(H,27,28)/b26-17-/t22-,23+/m1/s1. The van der Waals surface area contributed by atoms with Crippen molar-refractivity contribution in [2.24, 2.45) is 11.0 Å². The Hall–Kier alpha value is -2.42. The normalized spacial score (nSPS) is 19.6. The van der Waals surface area contributed by atoms with Gasteiger partial charge in [-0.1, -0.05) is 83.1 Å². The molecule has 2 aromatic carbocycles. The highest BCUT2D eigenvalue weighted by atomic mass is 16.2. The second kappa shape index (κ2) is 7.90. The van der Waals surface area contributed by atoms with Gasteiger partial charge >= 0.3 is 0 Å². The number of carbonyl (C=O) groups excluding carboxylic acids is 1. The molecule has 3 nitrogen and oxygen atoms in total. The van der Waals surface area contributed by atoms with E-state index in [4.69, 9.17) is 0 Å². The Morgan fingerprint density at radius 3 is 2.18 bits per heavy atom. The summed E-state index contributed by atoms with van der Waals surface area (Å²) in [5.74, 6) is 0.869. The maximum absolute atomic E-state index is 12.5. The molecule has 3 rings (SSSR count). The van der Waals surface area contributed by atoms with Crippen LogP contribution in [0.3, 0.4) is 0 Å². The molecule has 0 unspecified atom stereocenters. The minimum absolute atomic E-state index is 0.0167. The number of amides is 1. The Bertz CT molecular complexity index is 855. The predicted octanol–water partition coefficient (Wildman–Crippen LogP) is 5.75. The number of nitrogens with zero attached hydrogens (tertiary/aromatic N) is 1. The number of rotatable bonds is 5. The molecule has 1 aliphatic carbocycles. The zero-order chi connectivity index (χ0) is 20.5. The van der Waals surface area contributed by atoms with E-state index in [0.717, 1.165) is 17.7 Å². The molecule has 1 amide bonds. The summed E-state index contributed by atoms with van der Waals surface area (Å²) < 4.78 is 0. The molecule has 0 heterocycles. The van der Waals surface area contributed by atoms with Gasteiger partial charge in [0.1, 0.15) is 0 Å². The molecule has 0 radical (unpaired) electrons. The lowest BCUT2D eigenvalue weighted by Gasteiger charge is -2.19. The second-order valence-electron chi connectivity index (χ2n) is 9.27. The highest BCUT2D eigenvalue weighted by Crippen LogP contribution is 2.47. The van der Waals surface area contributed by atoms with E-state index in [2.05, 4.69) is 93.7 Å². The average molecular weight is 377 g/mol. The summed E-state index contributed by atoms with van der Waals surface area (Å²) >= 11 is 0. The van der Waals surface area contributed by atoms with E-state index >= 15 is 0 Å². The van der Waals surface area contributed by atoms with Crippen LogP contribution in [0.25, 0.3) is 0 Å². The summed E-state index contributed by atoms with van der Waals surface area (Å²) in [4.78, 5) is 12.5. The first-order valence-electron chi connectivity index (χ1n) is 10.2. The number of nitrogens with one attached hydrogen (secondary N) is 1. The van der Waals surface area contributed by atoms with E-state index < -0.39 is 0 Å². The predicted molar refractivity (Wildman–Crippen MR) is 117 cm³/mol. The van der Waals surface area contributed by atoms with Crippen LogP contribution in [0.5, 0.6) is 0 Å². The minimum Gasteiger partial charge on any atom is -0.273 e. The van der Waals surface area contributed by atoms with Crippen molar-refractivity contribution in [3.63, 3.8) is 0 Å². The van der Waals surface area contributed by atoms with Crippen LogP contribution in [-0.2, 0) is 10.2 Å². The summed E-state index contributed by atoms with van der Waals surface area (Å²) in [6, 6.07) is 17.1. The number of hydrogen-bond donors (Lipinski definition) is 1. The lowest BCUT2D eigenvalue weighted by atomic mass is 9.86. The highest BCUT2D eigenvalue weighted by Gasteiger charge is 2.44. The van der Waals surface area contributed by atoms with E-state index in [1.807, 2.05) is 6.92 Å². The molecule has 2 atom stereocenters. The Balaban J connectivity index is 1.58. The largest absolute Gasteiger partial charge is 0.273 e. The van der Waals surface area contributed by atoms with Gasteiger partial charge in [-0.05, 0) is 52.8 Å². The van der Waals surface area contributed by atoms with Crippen LogP contribution in [-0.4, -0.2) is 11.6 Å². The fourth-order valence-corrected chi connectivity index (χ4v) is 3.48. The topological polar surface area (TPSA) is 41.5 Å². The molecule has 1 aliphatic rings. The quantitative estimate of drug-likeness (QED) is 0.524. The molecule has 0 spiro atoms. The van der Waals surface area contributed by atoms with Gasteiger partial charge in [0.25, 0.3) is 0 Å². The van der Waals surface area contributed by atoms with Crippen LogP contribution in [0.2, 0.25) is 0 Å². The van der Waals surface area contributed by atoms with Gasteiger partial charge < -0.3 is 0 Å². The summed E-state index contributed by atoms with van der Waals surface area (Å²) in [6.07, 6.45) is 0.901. The first-order valence-corrected chi connectivity index (χ1v) is 10.2. The van der Waals surface area contributed by atoms with Crippen LogP contribution >= 0.6 is 0 Å². The maximum atomic E-state index is 12.5. The van der Waals surface area contributed by atoms with Gasteiger partial charge in [0, 0.05) is 5.92 Å². The average Bonchev–Trinajstić information content (AvgIpc) is 3.46. The molecular weight excluding hydrogens is 344 g/mol. The molecule has 1 N–H and O–H groups in total. The smallest absolute Gasteiger partial charge is 0.243 e. The van der Waals surface area contributed by atoms with Crippen LogP contribution < -0.4 is 5.43 Å². The summed E-state index contributed by atoms with van der Waals surface area (Å²) in [7, 11) is 0. The third-order valence-corrected chi connectivity index (χ3v) is 5.66. The Morgan fingerprint density at radius 1 is 1.04 bits per heavy atom. The first-order chi connectivity index (χ1) is 13.2. The molecule has 1 saturated carbocycles. The summed E-state index contributed by atoms with van der Waals surface area (Å²) in [6.45, 7) is 12.9. The van der Waals surface area contributed by atoms with Crippen molar-refractivity contribution in [2.45, 2.75) is 65.2 Å². The zero-order valence-electron chi connectivity index (χ0n) is 17.9. The molecule has 0 saturated heterocycles. The van der Waals surface area contributed by atoms with Gasteiger partial charge in [-0.3, -0.25) is 4.79 Å². The van der Waals surface area contributed by atoms with Crippen molar-refractivity contribution in [2.75, 3.05) is 0 Å². The molecule has 3 heteroatoms. The number of carbonyl (C=O) groups is 1. The van der Waals surface area contributed by atoms with E-state index in [1.54, 1.807) is 0 Å².